The monoisotopic (exact) mass is 385 g/mol. The second kappa shape index (κ2) is 7.64. The highest BCUT2D eigenvalue weighted by molar-refractivity contribution is 8.00. The normalized spacial score (nSPS) is 12.2. The van der Waals surface area contributed by atoms with Crippen molar-refractivity contribution >= 4 is 29.1 Å². The first-order valence-electron chi connectivity index (χ1n) is 8.30. The minimum Gasteiger partial charge on any atom is -0.305 e. The van der Waals surface area contributed by atoms with Gasteiger partial charge in [0.15, 0.2) is 16.8 Å². The Bertz CT molecular complexity index is 950. The van der Waals surface area contributed by atoms with E-state index in [0.29, 0.717) is 10.2 Å². The van der Waals surface area contributed by atoms with Gasteiger partial charge in [-0.3, -0.25) is 4.79 Å². The first-order chi connectivity index (χ1) is 12.4. The molecule has 0 spiro atoms. The fourth-order valence-corrected chi connectivity index (χ4v) is 3.63. The molecular weight excluding hydrogens is 366 g/mol. The minimum absolute atomic E-state index is 0.0918. The summed E-state index contributed by atoms with van der Waals surface area (Å²) in [6, 6.07) is 13.3. The number of ketones is 1. The Labute approximate surface area is 162 Å². The fraction of sp³-hybridized carbons (Fsp3) is 0.250. The maximum absolute atomic E-state index is 12.7. The summed E-state index contributed by atoms with van der Waals surface area (Å²) in [6.07, 6.45) is 0. The van der Waals surface area contributed by atoms with Gasteiger partial charge < -0.3 is 4.57 Å². The predicted molar refractivity (Wildman–Crippen MR) is 107 cm³/mol. The molecule has 4 nitrogen and oxygen atoms in total. The lowest BCUT2D eigenvalue weighted by atomic mass is 10.0. The number of nitrogens with zero attached hydrogens (tertiary/aromatic N) is 3. The zero-order valence-electron chi connectivity index (χ0n) is 15.2. The van der Waals surface area contributed by atoms with Crippen LogP contribution in [0.1, 0.15) is 28.4 Å². The molecule has 0 saturated carbocycles. The van der Waals surface area contributed by atoms with Crippen molar-refractivity contribution < 1.29 is 4.79 Å². The third-order valence-electron chi connectivity index (χ3n) is 4.38. The van der Waals surface area contributed by atoms with Crippen LogP contribution in [0.5, 0.6) is 0 Å². The fourth-order valence-electron chi connectivity index (χ4n) is 2.61. The molecule has 26 heavy (non-hydrogen) atoms. The number of hydrogen-bond acceptors (Lipinski definition) is 4. The van der Waals surface area contributed by atoms with Gasteiger partial charge in [-0.25, -0.2) is 0 Å². The standard InChI is InChI=1S/C20H20ClN3OS/c1-12-5-6-16(11-13(12)2)18(25)14(3)26-20-23-22-19(24(20)4)15-7-9-17(21)10-8-15/h5-11,14H,1-4H3/t14-/m1/s1. The first-order valence-corrected chi connectivity index (χ1v) is 9.56. The highest BCUT2D eigenvalue weighted by Crippen LogP contribution is 2.28. The van der Waals surface area contributed by atoms with Gasteiger partial charge >= 0.3 is 0 Å². The average Bonchev–Trinajstić information content (AvgIpc) is 2.98. The molecule has 1 aromatic heterocycles. The van der Waals surface area contributed by atoms with Gasteiger partial charge in [0.25, 0.3) is 0 Å². The third-order valence-corrected chi connectivity index (χ3v) is 5.77. The van der Waals surface area contributed by atoms with E-state index < -0.39 is 0 Å². The van der Waals surface area contributed by atoms with Crippen LogP contribution >= 0.6 is 23.4 Å². The Balaban J connectivity index is 1.79. The summed E-state index contributed by atoms with van der Waals surface area (Å²) in [5.74, 6) is 0.837. The molecule has 0 N–H and O–H groups in total. The molecule has 0 fully saturated rings. The zero-order chi connectivity index (χ0) is 18.8. The maximum atomic E-state index is 12.7. The van der Waals surface area contributed by atoms with E-state index in [1.54, 1.807) is 0 Å². The lowest BCUT2D eigenvalue weighted by Crippen LogP contribution is -2.14. The largest absolute Gasteiger partial charge is 0.305 e. The number of aryl methyl sites for hydroxylation is 2. The van der Waals surface area contributed by atoms with Crippen LogP contribution in [-0.2, 0) is 7.05 Å². The summed E-state index contributed by atoms with van der Waals surface area (Å²) in [5, 5.41) is 9.65. The highest BCUT2D eigenvalue weighted by atomic mass is 35.5. The van der Waals surface area contributed by atoms with E-state index in [0.717, 1.165) is 22.5 Å². The van der Waals surface area contributed by atoms with Gasteiger partial charge in [0.2, 0.25) is 0 Å². The Morgan fingerprint density at radius 1 is 1.08 bits per heavy atom. The lowest BCUT2D eigenvalue weighted by Gasteiger charge is -2.11. The van der Waals surface area contributed by atoms with Crippen LogP contribution in [-0.4, -0.2) is 25.8 Å². The topological polar surface area (TPSA) is 47.8 Å². The Morgan fingerprint density at radius 2 is 1.77 bits per heavy atom. The molecule has 6 heteroatoms. The summed E-state index contributed by atoms with van der Waals surface area (Å²) >= 11 is 7.36. The van der Waals surface area contributed by atoms with E-state index >= 15 is 0 Å². The predicted octanol–water partition coefficient (Wildman–Crippen LogP) is 5.12. The molecule has 0 bridgehead atoms. The SMILES string of the molecule is Cc1ccc(C(=O)[C@@H](C)Sc2nnc(-c3ccc(Cl)cc3)n2C)cc1C. The quantitative estimate of drug-likeness (QED) is 0.452. The number of carbonyl (C=O) groups excluding carboxylic acids is 1. The van der Waals surface area contributed by atoms with Crippen molar-refractivity contribution in [2.45, 2.75) is 31.2 Å². The number of rotatable bonds is 5. The molecule has 3 rings (SSSR count). The van der Waals surface area contributed by atoms with Crippen LogP contribution in [0, 0.1) is 13.8 Å². The molecule has 0 aliphatic heterocycles. The van der Waals surface area contributed by atoms with E-state index in [9.17, 15) is 4.79 Å². The first kappa shape index (κ1) is 18.7. The van der Waals surface area contributed by atoms with Gasteiger partial charge in [0.05, 0.1) is 5.25 Å². The average molecular weight is 386 g/mol. The molecule has 3 aromatic rings. The van der Waals surface area contributed by atoms with Crippen LogP contribution in [0.25, 0.3) is 11.4 Å². The van der Waals surface area contributed by atoms with Gasteiger partial charge in [0, 0.05) is 23.2 Å². The number of benzene rings is 2. The van der Waals surface area contributed by atoms with Crippen LogP contribution < -0.4 is 0 Å². The van der Waals surface area contributed by atoms with E-state index in [1.165, 1.54) is 17.3 Å². The summed E-state index contributed by atoms with van der Waals surface area (Å²) in [6.45, 7) is 5.96. The van der Waals surface area contributed by atoms with E-state index in [1.807, 2.05) is 74.9 Å². The third kappa shape index (κ3) is 3.84. The van der Waals surface area contributed by atoms with Crippen LogP contribution in [0.15, 0.2) is 47.6 Å². The van der Waals surface area contributed by atoms with Crippen molar-refractivity contribution in [1.82, 2.24) is 14.8 Å². The Hall–Kier alpha value is -2.11. The Morgan fingerprint density at radius 3 is 2.42 bits per heavy atom. The van der Waals surface area contributed by atoms with Crippen LogP contribution in [0.4, 0.5) is 0 Å². The molecule has 0 aliphatic rings. The van der Waals surface area contributed by atoms with Crippen molar-refractivity contribution in [1.29, 1.82) is 0 Å². The molecule has 0 unspecified atom stereocenters. The molecule has 134 valence electrons. The maximum Gasteiger partial charge on any atom is 0.191 e. The second-order valence-electron chi connectivity index (χ2n) is 6.30. The molecule has 0 aliphatic carbocycles. The second-order valence-corrected chi connectivity index (χ2v) is 8.04. The molecule has 1 atom stereocenters. The van der Waals surface area contributed by atoms with Crippen LogP contribution in [0.3, 0.4) is 0 Å². The highest BCUT2D eigenvalue weighted by Gasteiger charge is 2.21. The summed E-state index contributed by atoms with van der Waals surface area (Å²) in [5.41, 5.74) is 3.97. The molecule has 0 radical (unpaired) electrons. The molecule has 0 saturated heterocycles. The number of hydrogen-bond donors (Lipinski definition) is 0. The number of carbonyl (C=O) groups is 1. The summed E-state index contributed by atoms with van der Waals surface area (Å²) < 4.78 is 1.90. The number of thioether (sulfide) groups is 1. The van der Waals surface area contributed by atoms with Gasteiger partial charge in [0.1, 0.15) is 0 Å². The summed E-state index contributed by atoms with van der Waals surface area (Å²) in [4.78, 5) is 12.7. The molecule has 0 amide bonds. The number of Topliss-reactive ketones (excluding diaryl/α,β-unsaturated/α-hetero) is 1. The van der Waals surface area contributed by atoms with Gasteiger partial charge in [-0.15, -0.1) is 10.2 Å². The van der Waals surface area contributed by atoms with E-state index in [4.69, 9.17) is 11.6 Å². The zero-order valence-corrected chi connectivity index (χ0v) is 16.7. The Kier molecular flexibility index (Phi) is 5.49. The van der Waals surface area contributed by atoms with Crippen molar-refractivity contribution in [3.63, 3.8) is 0 Å². The van der Waals surface area contributed by atoms with Crippen molar-refractivity contribution in [3.05, 3.63) is 64.2 Å². The van der Waals surface area contributed by atoms with Crippen molar-refractivity contribution in [3.8, 4) is 11.4 Å². The molecule has 1 heterocycles. The van der Waals surface area contributed by atoms with Gasteiger partial charge in [-0.1, -0.05) is 35.5 Å². The van der Waals surface area contributed by atoms with Crippen LogP contribution in [0.2, 0.25) is 5.02 Å². The van der Waals surface area contributed by atoms with E-state index in [-0.39, 0.29) is 11.0 Å². The number of aromatic nitrogens is 3. The lowest BCUT2D eigenvalue weighted by molar-refractivity contribution is 0.0993. The minimum atomic E-state index is -0.252. The smallest absolute Gasteiger partial charge is 0.191 e. The summed E-state index contributed by atoms with van der Waals surface area (Å²) in [7, 11) is 1.90. The van der Waals surface area contributed by atoms with E-state index in [2.05, 4.69) is 10.2 Å². The molecule has 2 aromatic carbocycles. The number of halogens is 1. The van der Waals surface area contributed by atoms with Gasteiger partial charge in [-0.2, -0.15) is 0 Å². The molecular formula is C20H20ClN3OS. The van der Waals surface area contributed by atoms with Crippen molar-refractivity contribution in [2.75, 3.05) is 0 Å². The van der Waals surface area contributed by atoms with Gasteiger partial charge in [-0.05, 0) is 62.2 Å². The van der Waals surface area contributed by atoms with Crippen molar-refractivity contribution in [2.24, 2.45) is 7.05 Å².